The smallest absolute Gasteiger partial charge is 0.326 e. The number of hydrogen-bond acceptors (Lipinski definition) is 4. The minimum absolute atomic E-state index is 0.0378. The van der Waals surface area contributed by atoms with E-state index in [2.05, 4.69) is 24.4 Å². The number of nitrogens with one attached hydrogen (secondary N) is 1. The van der Waals surface area contributed by atoms with Crippen LogP contribution in [-0.4, -0.2) is 45.9 Å². The highest BCUT2D eigenvalue weighted by atomic mass is 16.4. The number of rotatable bonds is 15. The van der Waals surface area contributed by atoms with Crippen LogP contribution < -0.4 is 5.32 Å². The zero-order chi connectivity index (χ0) is 18.2. The van der Waals surface area contributed by atoms with E-state index in [0.29, 0.717) is 6.42 Å². The molecule has 0 rings (SSSR count). The van der Waals surface area contributed by atoms with Gasteiger partial charge in [0.15, 0.2) is 0 Å². The molecule has 0 aliphatic heterocycles. The van der Waals surface area contributed by atoms with E-state index in [9.17, 15) is 14.7 Å². The molecule has 6 nitrogen and oxygen atoms in total. The van der Waals surface area contributed by atoms with E-state index in [1.807, 2.05) is 0 Å². The van der Waals surface area contributed by atoms with Crippen molar-refractivity contribution in [1.29, 1.82) is 0 Å². The molecule has 140 valence electrons. The van der Waals surface area contributed by atoms with E-state index in [0.717, 1.165) is 38.5 Å². The van der Waals surface area contributed by atoms with E-state index in [-0.39, 0.29) is 19.4 Å². The molecular weight excluding hydrogens is 310 g/mol. The van der Waals surface area contributed by atoms with Crippen molar-refractivity contribution >= 4 is 11.9 Å². The highest BCUT2D eigenvalue weighted by molar-refractivity contribution is 5.83. The molecule has 0 aromatic carbocycles. The largest absolute Gasteiger partial charge is 0.480 e. The van der Waals surface area contributed by atoms with Crippen molar-refractivity contribution in [2.24, 2.45) is 0 Å². The van der Waals surface area contributed by atoms with Crippen LogP contribution in [0.2, 0.25) is 0 Å². The van der Waals surface area contributed by atoms with Crippen molar-refractivity contribution < 1.29 is 24.9 Å². The summed E-state index contributed by atoms with van der Waals surface area (Å²) >= 11 is 0. The Labute approximate surface area is 145 Å². The van der Waals surface area contributed by atoms with E-state index >= 15 is 0 Å². The molecule has 0 heterocycles. The summed E-state index contributed by atoms with van der Waals surface area (Å²) in [5.41, 5.74) is 0. The Morgan fingerprint density at radius 1 is 1.04 bits per heavy atom. The first-order valence-electron chi connectivity index (χ1n) is 8.97. The zero-order valence-corrected chi connectivity index (χ0v) is 14.7. The number of amides is 1. The van der Waals surface area contributed by atoms with Gasteiger partial charge in [0.2, 0.25) is 5.91 Å². The minimum Gasteiger partial charge on any atom is -0.480 e. The van der Waals surface area contributed by atoms with Gasteiger partial charge >= 0.3 is 5.97 Å². The van der Waals surface area contributed by atoms with Gasteiger partial charge in [-0.15, -0.1) is 0 Å². The van der Waals surface area contributed by atoms with Crippen LogP contribution in [0.15, 0.2) is 12.2 Å². The van der Waals surface area contributed by atoms with E-state index < -0.39 is 24.0 Å². The fourth-order valence-corrected chi connectivity index (χ4v) is 2.35. The van der Waals surface area contributed by atoms with Gasteiger partial charge in [-0.3, -0.25) is 4.79 Å². The monoisotopic (exact) mass is 343 g/mol. The number of hydrogen-bond donors (Lipinski definition) is 4. The first-order chi connectivity index (χ1) is 11.5. The third-order valence-electron chi connectivity index (χ3n) is 3.75. The van der Waals surface area contributed by atoms with Crippen LogP contribution in [0.3, 0.4) is 0 Å². The van der Waals surface area contributed by atoms with Crippen molar-refractivity contribution in [2.45, 2.75) is 83.3 Å². The average molecular weight is 343 g/mol. The maximum atomic E-state index is 11.7. The lowest BCUT2D eigenvalue weighted by Gasteiger charge is -2.15. The summed E-state index contributed by atoms with van der Waals surface area (Å²) in [7, 11) is 0. The number of unbranched alkanes of at least 4 members (excludes halogenated alkanes) is 5. The predicted molar refractivity (Wildman–Crippen MR) is 93.6 cm³/mol. The molecule has 0 spiro atoms. The van der Waals surface area contributed by atoms with Crippen LogP contribution in [-0.2, 0) is 9.59 Å². The number of carboxylic acid groups (broad SMARTS) is 1. The molecule has 0 aliphatic carbocycles. The summed E-state index contributed by atoms with van der Waals surface area (Å²) in [6.45, 7) is 1.85. The molecule has 1 amide bonds. The second-order valence-corrected chi connectivity index (χ2v) is 6.08. The van der Waals surface area contributed by atoms with Crippen LogP contribution in [0.5, 0.6) is 0 Å². The third kappa shape index (κ3) is 13.1. The Hall–Kier alpha value is -1.40. The molecule has 6 heteroatoms. The molecule has 0 saturated heterocycles. The standard InChI is InChI=1S/C18H33NO5/c1-2-3-4-5-6-7-8-9-10-11-15(21)14-17(22)19-16(12-13-20)18(23)24/h4-5,15-16,20-21H,2-3,6-14H2,1H3,(H,19,22)(H,23,24)/t15?,16-/m0/s1. The Kier molecular flexibility index (Phi) is 14.3. The highest BCUT2D eigenvalue weighted by Gasteiger charge is 2.20. The average Bonchev–Trinajstić information content (AvgIpc) is 2.52. The zero-order valence-electron chi connectivity index (χ0n) is 14.7. The van der Waals surface area contributed by atoms with Gasteiger partial charge in [0, 0.05) is 13.0 Å². The number of aliphatic hydroxyl groups excluding tert-OH is 2. The van der Waals surface area contributed by atoms with E-state index in [1.54, 1.807) is 0 Å². The van der Waals surface area contributed by atoms with Gasteiger partial charge in [0.25, 0.3) is 0 Å². The molecule has 0 aromatic heterocycles. The Balaban J connectivity index is 3.72. The molecule has 0 saturated carbocycles. The van der Waals surface area contributed by atoms with Crippen LogP contribution in [0.4, 0.5) is 0 Å². The number of carbonyl (C=O) groups is 2. The Morgan fingerprint density at radius 3 is 2.33 bits per heavy atom. The molecule has 0 radical (unpaired) electrons. The quantitative estimate of drug-likeness (QED) is 0.270. The lowest BCUT2D eigenvalue weighted by atomic mass is 10.1. The lowest BCUT2D eigenvalue weighted by molar-refractivity contribution is -0.142. The first kappa shape index (κ1) is 22.6. The molecule has 2 atom stereocenters. The number of carbonyl (C=O) groups excluding carboxylic acids is 1. The van der Waals surface area contributed by atoms with Gasteiger partial charge in [-0.2, -0.15) is 0 Å². The van der Waals surface area contributed by atoms with Crippen molar-refractivity contribution in [1.82, 2.24) is 5.32 Å². The molecule has 0 aromatic rings. The van der Waals surface area contributed by atoms with Gasteiger partial charge in [-0.1, -0.05) is 44.8 Å². The summed E-state index contributed by atoms with van der Waals surface area (Å²) in [6, 6.07) is -1.10. The summed E-state index contributed by atoms with van der Waals surface area (Å²) in [5, 5.41) is 29.8. The number of aliphatic carboxylic acids is 1. The molecule has 24 heavy (non-hydrogen) atoms. The summed E-state index contributed by atoms with van der Waals surface area (Å²) in [4.78, 5) is 22.6. The first-order valence-corrected chi connectivity index (χ1v) is 8.97. The van der Waals surface area contributed by atoms with E-state index in [1.165, 1.54) is 6.42 Å². The van der Waals surface area contributed by atoms with Crippen molar-refractivity contribution in [3.05, 3.63) is 12.2 Å². The molecule has 0 aliphatic rings. The van der Waals surface area contributed by atoms with Gasteiger partial charge < -0.3 is 20.6 Å². The Morgan fingerprint density at radius 2 is 1.71 bits per heavy atom. The Bertz CT molecular complexity index is 370. The van der Waals surface area contributed by atoms with Crippen LogP contribution in [0.1, 0.15) is 71.1 Å². The SMILES string of the molecule is CCCC=CCCCCCCC(O)CC(=O)N[C@@H](CCO)C(=O)O. The van der Waals surface area contributed by atoms with Crippen molar-refractivity contribution in [3.63, 3.8) is 0 Å². The second-order valence-electron chi connectivity index (χ2n) is 6.08. The van der Waals surface area contributed by atoms with Gasteiger partial charge in [0.1, 0.15) is 6.04 Å². The maximum absolute atomic E-state index is 11.7. The molecule has 1 unspecified atom stereocenters. The second kappa shape index (κ2) is 15.1. The fraction of sp³-hybridized carbons (Fsp3) is 0.778. The molecule has 4 N–H and O–H groups in total. The van der Waals surface area contributed by atoms with Crippen molar-refractivity contribution in [3.8, 4) is 0 Å². The fourth-order valence-electron chi connectivity index (χ4n) is 2.35. The number of aliphatic hydroxyl groups is 2. The summed E-state index contributed by atoms with van der Waals surface area (Å²) in [5.74, 6) is -1.68. The van der Waals surface area contributed by atoms with Crippen LogP contribution >= 0.6 is 0 Å². The summed E-state index contributed by atoms with van der Waals surface area (Å²) in [6.07, 6.45) is 11.6. The molecular formula is C18H33NO5. The van der Waals surface area contributed by atoms with Gasteiger partial charge in [-0.25, -0.2) is 4.79 Å². The maximum Gasteiger partial charge on any atom is 0.326 e. The predicted octanol–water partition coefficient (Wildman–Crippen LogP) is 2.39. The van der Waals surface area contributed by atoms with Gasteiger partial charge in [-0.05, 0) is 25.7 Å². The van der Waals surface area contributed by atoms with Crippen LogP contribution in [0.25, 0.3) is 0 Å². The van der Waals surface area contributed by atoms with Crippen LogP contribution in [0, 0.1) is 0 Å². The number of allylic oxidation sites excluding steroid dienone is 2. The lowest BCUT2D eigenvalue weighted by Crippen LogP contribution is -2.42. The van der Waals surface area contributed by atoms with Gasteiger partial charge in [0.05, 0.1) is 12.5 Å². The van der Waals surface area contributed by atoms with E-state index in [4.69, 9.17) is 10.2 Å². The number of carboxylic acids is 1. The highest BCUT2D eigenvalue weighted by Crippen LogP contribution is 2.10. The topological polar surface area (TPSA) is 107 Å². The third-order valence-corrected chi connectivity index (χ3v) is 3.75. The normalized spacial score (nSPS) is 13.8. The minimum atomic E-state index is -1.18. The molecule has 0 bridgehead atoms. The molecule has 0 fully saturated rings. The summed E-state index contributed by atoms with van der Waals surface area (Å²) < 4.78 is 0. The van der Waals surface area contributed by atoms with Crippen molar-refractivity contribution in [2.75, 3.05) is 6.61 Å².